The summed E-state index contributed by atoms with van der Waals surface area (Å²) < 4.78 is 5.50. The summed E-state index contributed by atoms with van der Waals surface area (Å²) in [6.45, 7) is 6.61. The van der Waals surface area contributed by atoms with E-state index in [0.717, 1.165) is 44.9 Å². The SMILES string of the molecule is CCNC(=NCCc1ccc(OCC(=O)NC2CC2)cc1)NCC. The number of hydrogen-bond donors (Lipinski definition) is 3. The highest BCUT2D eigenvalue weighted by molar-refractivity contribution is 5.79. The lowest BCUT2D eigenvalue weighted by Gasteiger charge is -2.09. The van der Waals surface area contributed by atoms with Crippen LogP contribution in [0.2, 0.25) is 0 Å². The number of guanidine groups is 1. The Morgan fingerprint density at radius 3 is 2.42 bits per heavy atom. The molecule has 3 N–H and O–H groups in total. The van der Waals surface area contributed by atoms with Crippen LogP contribution in [0, 0.1) is 0 Å². The molecule has 0 atom stereocenters. The molecule has 1 aliphatic carbocycles. The van der Waals surface area contributed by atoms with Crippen molar-refractivity contribution in [1.29, 1.82) is 0 Å². The average molecular weight is 332 g/mol. The lowest BCUT2D eigenvalue weighted by atomic mass is 10.1. The highest BCUT2D eigenvalue weighted by Crippen LogP contribution is 2.18. The van der Waals surface area contributed by atoms with Gasteiger partial charge in [0.15, 0.2) is 12.6 Å². The number of ether oxygens (including phenoxy) is 1. The van der Waals surface area contributed by atoms with Crippen molar-refractivity contribution in [1.82, 2.24) is 16.0 Å². The smallest absolute Gasteiger partial charge is 0.258 e. The Balaban J connectivity index is 1.72. The van der Waals surface area contributed by atoms with Gasteiger partial charge in [0, 0.05) is 25.7 Å². The van der Waals surface area contributed by atoms with Gasteiger partial charge in [-0.25, -0.2) is 0 Å². The number of hydrogen-bond acceptors (Lipinski definition) is 3. The normalized spacial score (nSPS) is 13.1. The fourth-order valence-electron chi connectivity index (χ4n) is 2.20. The van der Waals surface area contributed by atoms with E-state index in [1.807, 2.05) is 24.3 Å². The summed E-state index contributed by atoms with van der Waals surface area (Å²) in [5.74, 6) is 1.52. The van der Waals surface area contributed by atoms with Gasteiger partial charge in [-0.1, -0.05) is 12.1 Å². The van der Waals surface area contributed by atoms with Crippen molar-refractivity contribution < 1.29 is 9.53 Å². The molecule has 0 saturated heterocycles. The molecule has 0 spiro atoms. The molecule has 0 unspecified atom stereocenters. The van der Waals surface area contributed by atoms with Crippen molar-refractivity contribution in [2.75, 3.05) is 26.2 Å². The van der Waals surface area contributed by atoms with Crippen molar-refractivity contribution >= 4 is 11.9 Å². The van der Waals surface area contributed by atoms with E-state index in [9.17, 15) is 4.79 Å². The van der Waals surface area contributed by atoms with Gasteiger partial charge in [0.25, 0.3) is 5.91 Å². The molecule has 6 heteroatoms. The molecule has 0 radical (unpaired) electrons. The van der Waals surface area contributed by atoms with Crippen LogP contribution in [0.15, 0.2) is 29.3 Å². The van der Waals surface area contributed by atoms with Crippen molar-refractivity contribution in [2.45, 2.75) is 39.2 Å². The largest absolute Gasteiger partial charge is 0.484 e. The predicted octanol–water partition coefficient (Wildman–Crippen LogP) is 1.46. The number of aliphatic imine (C=N–C) groups is 1. The molecule has 0 bridgehead atoms. The summed E-state index contributed by atoms with van der Waals surface area (Å²) >= 11 is 0. The van der Waals surface area contributed by atoms with Gasteiger partial charge in [0.05, 0.1) is 0 Å². The third kappa shape index (κ3) is 6.89. The quantitative estimate of drug-likeness (QED) is 0.473. The molecule has 1 saturated carbocycles. The first-order chi connectivity index (χ1) is 11.7. The summed E-state index contributed by atoms with van der Waals surface area (Å²) in [4.78, 5) is 16.1. The van der Waals surface area contributed by atoms with E-state index in [2.05, 4.69) is 34.8 Å². The van der Waals surface area contributed by atoms with E-state index in [1.165, 1.54) is 5.56 Å². The zero-order valence-corrected chi connectivity index (χ0v) is 14.6. The first-order valence-electron chi connectivity index (χ1n) is 8.74. The second-order valence-electron chi connectivity index (χ2n) is 5.82. The molecular weight excluding hydrogens is 304 g/mol. The van der Waals surface area contributed by atoms with Gasteiger partial charge >= 0.3 is 0 Å². The number of nitrogens with zero attached hydrogens (tertiary/aromatic N) is 1. The number of carbonyl (C=O) groups excluding carboxylic acids is 1. The Labute approximate surface area is 144 Å². The van der Waals surface area contributed by atoms with E-state index in [-0.39, 0.29) is 12.5 Å². The van der Waals surface area contributed by atoms with E-state index in [0.29, 0.717) is 11.8 Å². The summed E-state index contributed by atoms with van der Waals surface area (Å²) in [7, 11) is 0. The van der Waals surface area contributed by atoms with Crippen LogP contribution in [0.3, 0.4) is 0 Å². The number of amides is 1. The van der Waals surface area contributed by atoms with Crippen molar-refractivity contribution in [3.05, 3.63) is 29.8 Å². The van der Waals surface area contributed by atoms with E-state index < -0.39 is 0 Å². The number of rotatable bonds is 9. The monoisotopic (exact) mass is 332 g/mol. The molecule has 1 amide bonds. The van der Waals surface area contributed by atoms with Crippen LogP contribution in [-0.2, 0) is 11.2 Å². The van der Waals surface area contributed by atoms with Gasteiger partial charge in [-0.05, 0) is 50.8 Å². The van der Waals surface area contributed by atoms with Crippen LogP contribution < -0.4 is 20.7 Å². The van der Waals surface area contributed by atoms with Gasteiger partial charge < -0.3 is 20.7 Å². The van der Waals surface area contributed by atoms with Gasteiger partial charge in [0.1, 0.15) is 5.75 Å². The maximum atomic E-state index is 11.6. The van der Waals surface area contributed by atoms with E-state index in [4.69, 9.17) is 4.74 Å². The molecule has 1 fully saturated rings. The summed E-state index contributed by atoms with van der Waals surface area (Å²) in [5.41, 5.74) is 1.20. The summed E-state index contributed by atoms with van der Waals surface area (Å²) in [6.07, 6.45) is 3.04. The Morgan fingerprint density at radius 1 is 1.17 bits per heavy atom. The van der Waals surface area contributed by atoms with Crippen molar-refractivity contribution in [3.63, 3.8) is 0 Å². The molecule has 1 aromatic carbocycles. The summed E-state index contributed by atoms with van der Waals surface area (Å²) in [6, 6.07) is 8.21. The highest BCUT2D eigenvalue weighted by atomic mass is 16.5. The Hall–Kier alpha value is -2.24. The topological polar surface area (TPSA) is 74.8 Å². The lowest BCUT2D eigenvalue weighted by molar-refractivity contribution is -0.123. The van der Waals surface area contributed by atoms with Gasteiger partial charge in [-0.2, -0.15) is 0 Å². The second-order valence-corrected chi connectivity index (χ2v) is 5.82. The minimum absolute atomic E-state index is 0.0460. The van der Waals surface area contributed by atoms with Crippen molar-refractivity contribution in [2.24, 2.45) is 4.99 Å². The fraction of sp³-hybridized carbons (Fsp3) is 0.556. The second kappa shape index (κ2) is 9.80. The van der Waals surface area contributed by atoms with Crippen LogP contribution in [0.1, 0.15) is 32.3 Å². The van der Waals surface area contributed by atoms with E-state index >= 15 is 0 Å². The number of carbonyl (C=O) groups is 1. The van der Waals surface area contributed by atoms with E-state index in [1.54, 1.807) is 0 Å². The van der Waals surface area contributed by atoms with Crippen LogP contribution in [0.4, 0.5) is 0 Å². The van der Waals surface area contributed by atoms with Gasteiger partial charge in [0.2, 0.25) is 0 Å². The Bertz CT molecular complexity index is 530. The lowest BCUT2D eigenvalue weighted by Crippen LogP contribution is -2.37. The van der Waals surface area contributed by atoms with Crippen LogP contribution in [0.25, 0.3) is 0 Å². The Kier molecular flexibility index (Phi) is 7.39. The molecule has 6 nitrogen and oxygen atoms in total. The minimum atomic E-state index is -0.0460. The van der Waals surface area contributed by atoms with Gasteiger partial charge in [-0.15, -0.1) is 0 Å². The Morgan fingerprint density at radius 2 is 1.83 bits per heavy atom. The van der Waals surface area contributed by atoms with Gasteiger partial charge in [-0.3, -0.25) is 9.79 Å². The van der Waals surface area contributed by atoms with Crippen molar-refractivity contribution in [3.8, 4) is 5.75 Å². The number of nitrogens with one attached hydrogen (secondary N) is 3. The van der Waals surface area contributed by atoms with Crippen LogP contribution in [-0.4, -0.2) is 44.1 Å². The van der Waals surface area contributed by atoms with Crippen LogP contribution >= 0.6 is 0 Å². The maximum absolute atomic E-state index is 11.6. The highest BCUT2D eigenvalue weighted by Gasteiger charge is 2.23. The molecular formula is C18H28N4O2. The molecule has 2 rings (SSSR count). The summed E-state index contributed by atoms with van der Waals surface area (Å²) in [5, 5.41) is 9.31. The number of benzene rings is 1. The molecule has 132 valence electrons. The third-order valence-corrected chi connectivity index (χ3v) is 3.59. The molecule has 1 aromatic rings. The maximum Gasteiger partial charge on any atom is 0.258 e. The first kappa shape index (κ1) is 18.1. The molecule has 24 heavy (non-hydrogen) atoms. The standard InChI is InChI=1S/C18H28N4O2/c1-3-19-18(20-4-2)21-12-11-14-5-9-16(10-6-14)24-13-17(23)22-15-7-8-15/h5-6,9-10,15H,3-4,7-8,11-13H2,1-2H3,(H,22,23)(H2,19,20,21). The third-order valence-electron chi connectivity index (χ3n) is 3.59. The zero-order valence-electron chi connectivity index (χ0n) is 14.6. The molecule has 1 aliphatic rings. The minimum Gasteiger partial charge on any atom is -0.484 e. The zero-order chi connectivity index (χ0) is 17.2. The molecule has 0 aliphatic heterocycles. The predicted molar refractivity (Wildman–Crippen MR) is 96.5 cm³/mol. The molecule has 0 aromatic heterocycles. The van der Waals surface area contributed by atoms with Crippen LogP contribution in [0.5, 0.6) is 5.75 Å². The molecule has 0 heterocycles. The fourth-order valence-corrected chi connectivity index (χ4v) is 2.20. The average Bonchev–Trinajstić information content (AvgIpc) is 3.38. The first-order valence-corrected chi connectivity index (χ1v) is 8.74.